The van der Waals surface area contributed by atoms with E-state index >= 15 is 0 Å². The zero-order valence-electron chi connectivity index (χ0n) is 6.05. The number of carbonyl (C=O) groups excluding carboxylic acids is 1. The van der Waals surface area contributed by atoms with E-state index in [4.69, 9.17) is 0 Å². The van der Waals surface area contributed by atoms with Gasteiger partial charge in [-0.05, 0) is 6.42 Å². The Kier molecular flexibility index (Phi) is 10.3. The maximum absolute atomic E-state index is 10.3. The van der Waals surface area contributed by atoms with Crippen molar-refractivity contribution < 1.29 is 48.3 Å². The summed E-state index contributed by atoms with van der Waals surface area (Å²) < 4.78 is 13.6. The second kappa shape index (κ2) is 7.76. The van der Waals surface area contributed by atoms with Crippen LogP contribution in [0.3, 0.4) is 0 Å². The van der Waals surface area contributed by atoms with Gasteiger partial charge in [0, 0.05) is 6.42 Å². The summed E-state index contributed by atoms with van der Waals surface area (Å²) in [6.07, 6.45) is 0.770. The molecule has 0 aromatic carbocycles. The van der Waals surface area contributed by atoms with Crippen LogP contribution in [0.2, 0.25) is 0 Å². The zero-order valence-corrected chi connectivity index (χ0v) is 9.05. The average Bonchev–Trinajstić information content (AvgIpc) is 1.63. The largest absolute Gasteiger partial charge is 1.00 e. The molecule has 54 valence electrons. The predicted molar refractivity (Wildman–Crippen MR) is 30.0 cm³/mol. The Morgan fingerprint density at radius 2 is 2.20 bits per heavy atom. The van der Waals surface area contributed by atoms with Gasteiger partial charge in [-0.15, -0.1) is 0 Å². The molecule has 0 saturated heterocycles. The molecule has 0 saturated carbocycles. The summed E-state index contributed by atoms with van der Waals surface area (Å²) in [5.74, 6) is -0.670. The van der Waals surface area contributed by atoms with E-state index in [1.807, 2.05) is 0 Å². The van der Waals surface area contributed by atoms with Gasteiger partial charge in [-0.2, -0.15) is 0 Å². The van der Waals surface area contributed by atoms with Crippen molar-refractivity contribution in [2.45, 2.75) is 19.8 Å². The molecule has 0 spiro atoms. The monoisotopic (exact) mass is 174 g/mol. The van der Waals surface area contributed by atoms with Crippen LogP contribution in [0.1, 0.15) is 19.8 Å². The smallest absolute Gasteiger partial charge is 0.771 e. The number of rotatable bonds is 3. The number of carbonyl (C=O) groups is 1. The van der Waals surface area contributed by atoms with Gasteiger partial charge in [0.2, 0.25) is 0 Å². The van der Waals surface area contributed by atoms with Crippen LogP contribution in [0, 0.1) is 0 Å². The Bertz CT molecular complexity index is 126. The minimum absolute atomic E-state index is 0. The van der Waals surface area contributed by atoms with Gasteiger partial charge in [0.1, 0.15) is 0 Å². The number of hydrogen-bond donors (Lipinski definition) is 0. The molecule has 0 N–H and O–H groups in total. The normalized spacial score (nSPS) is 11.4. The molecule has 0 amide bonds. The summed E-state index contributed by atoms with van der Waals surface area (Å²) >= 11 is 0. The molecule has 1 atom stereocenters. The fourth-order valence-corrected chi connectivity index (χ4v) is 0.636. The minimum atomic E-state index is -3.31. The Morgan fingerprint density at radius 3 is 2.50 bits per heavy atom. The van der Waals surface area contributed by atoms with Crippen LogP contribution in [-0.4, -0.2) is 5.97 Å². The summed E-state index contributed by atoms with van der Waals surface area (Å²) in [5.41, 5.74) is 0. The van der Waals surface area contributed by atoms with Gasteiger partial charge < -0.3 is 9.42 Å². The first-order valence-corrected chi connectivity index (χ1v) is 3.81. The molecular formula is C4H8NaO4P. The van der Waals surface area contributed by atoms with Crippen LogP contribution in [0.15, 0.2) is 0 Å². The van der Waals surface area contributed by atoms with Gasteiger partial charge in [-0.1, -0.05) is 6.92 Å². The Morgan fingerprint density at radius 1 is 1.70 bits per heavy atom. The Balaban J connectivity index is 0. The van der Waals surface area contributed by atoms with Crippen molar-refractivity contribution in [3.8, 4) is 0 Å². The van der Waals surface area contributed by atoms with Crippen molar-refractivity contribution in [1.82, 2.24) is 0 Å². The molecule has 6 heteroatoms. The Labute approximate surface area is 82.2 Å². The topological polar surface area (TPSA) is 66.4 Å². The van der Waals surface area contributed by atoms with E-state index in [1.54, 1.807) is 6.92 Å². The maximum atomic E-state index is 10.3. The molecule has 4 nitrogen and oxygen atoms in total. The van der Waals surface area contributed by atoms with Gasteiger partial charge in [-0.3, -0.25) is 9.36 Å². The second-order valence-electron chi connectivity index (χ2n) is 1.47. The van der Waals surface area contributed by atoms with Crippen LogP contribution >= 0.6 is 8.25 Å². The third-order valence-electron chi connectivity index (χ3n) is 0.651. The summed E-state index contributed by atoms with van der Waals surface area (Å²) in [6, 6.07) is 0. The van der Waals surface area contributed by atoms with Crippen molar-refractivity contribution in [1.29, 1.82) is 0 Å². The first kappa shape index (κ1) is 13.3. The van der Waals surface area contributed by atoms with Gasteiger partial charge in [-0.25, -0.2) is 0 Å². The van der Waals surface area contributed by atoms with E-state index in [0.29, 0.717) is 6.42 Å². The molecule has 0 aliphatic heterocycles. The molecule has 10 heavy (non-hydrogen) atoms. The zero-order chi connectivity index (χ0) is 7.28. The number of hydrogen-bond acceptors (Lipinski definition) is 4. The fraction of sp³-hybridized carbons (Fsp3) is 0.750. The fourth-order valence-electron chi connectivity index (χ4n) is 0.348. The average molecular weight is 174 g/mol. The van der Waals surface area contributed by atoms with Gasteiger partial charge >= 0.3 is 35.5 Å². The third kappa shape index (κ3) is 8.66. The van der Waals surface area contributed by atoms with Gasteiger partial charge in [0.05, 0.1) is 0 Å². The van der Waals surface area contributed by atoms with Crippen molar-refractivity contribution in [2.24, 2.45) is 0 Å². The van der Waals surface area contributed by atoms with E-state index in [0.717, 1.165) is 0 Å². The SMILES string of the molecule is CCCC(=O)O[PH](=O)[O-].[Na+]. The Hall–Kier alpha value is 0.660. The summed E-state index contributed by atoms with van der Waals surface area (Å²) in [4.78, 5) is 20.0. The molecule has 0 heterocycles. The quantitative estimate of drug-likeness (QED) is 0.339. The standard InChI is InChI=1S/C4H9O4P.Na/c1-2-3-4(5)8-9(6)7;/h9H,2-3H2,1H3,(H,6,7);/q;+1/p-1. The van der Waals surface area contributed by atoms with Crippen molar-refractivity contribution in [2.75, 3.05) is 0 Å². The molecule has 1 unspecified atom stereocenters. The first-order chi connectivity index (χ1) is 4.16. The van der Waals surface area contributed by atoms with Crippen LogP contribution in [0.4, 0.5) is 0 Å². The van der Waals surface area contributed by atoms with Crippen molar-refractivity contribution in [3.05, 3.63) is 0 Å². The van der Waals surface area contributed by atoms with E-state index in [1.165, 1.54) is 0 Å². The maximum Gasteiger partial charge on any atom is 1.00 e. The van der Waals surface area contributed by atoms with Crippen molar-refractivity contribution in [3.63, 3.8) is 0 Å². The molecular weight excluding hydrogens is 166 g/mol. The third-order valence-corrected chi connectivity index (χ3v) is 1.05. The van der Waals surface area contributed by atoms with Gasteiger partial charge in [0.25, 0.3) is 0 Å². The van der Waals surface area contributed by atoms with E-state index in [2.05, 4.69) is 4.52 Å². The molecule has 0 aliphatic carbocycles. The molecule has 0 aliphatic rings. The molecule has 0 fully saturated rings. The summed E-state index contributed by atoms with van der Waals surface area (Å²) in [6.45, 7) is 1.77. The van der Waals surface area contributed by atoms with Crippen LogP contribution < -0.4 is 34.5 Å². The van der Waals surface area contributed by atoms with Gasteiger partial charge in [0.15, 0.2) is 8.25 Å². The van der Waals surface area contributed by atoms with Crippen LogP contribution in [0.25, 0.3) is 0 Å². The van der Waals surface area contributed by atoms with E-state index < -0.39 is 14.2 Å². The van der Waals surface area contributed by atoms with E-state index in [-0.39, 0.29) is 36.0 Å². The molecule has 0 bridgehead atoms. The van der Waals surface area contributed by atoms with Crippen molar-refractivity contribution >= 4 is 14.2 Å². The summed E-state index contributed by atoms with van der Waals surface area (Å²) in [7, 11) is -3.31. The molecule has 0 radical (unpaired) electrons. The van der Waals surface area contributed by atoms with E-state index in [9.17, 15) is 14.3 Å². The molecule has 0 aromatic heterocycles. The second-order valence-corrected chi connectivity index (χ2v) is 2.18. The minimum Gasteiger partial charge on any atom is -0.771 e. The first-order valence-electron chi connectivity index (χ1n) is 2.58. The van der Waals surface area contributed by atoms with Crippen LogP contribution in [0.5, 0.6) is 0 Å². The molecule has 0 rings (SSSR count). The predicted octanol–water partition coefficient (Wildman–Crippen LogP) is -2.92. The van der Waals surface area contributed by atoms with Crippen LogP contribution in [-0.2, 0) is 13.9 Å². The summed E-state index contributed by atoms with van der Waals surface area (Å²) in [5, 5.41) is 0. The molecule has 0 aromatic rings.